The van der Waals surface area contributed by atoms with Gasteiger partial charge in [0.2, 0.25) is 10.0 Å². The molecule has 16 heavy (non-hydrogen) atoms. The first-order chi connectivity index (χ1) is 7.54. The molecule has 0 bridgehead atoms. The highest BCUT2D eigenvalue weighted by molar-refractivity contribution is 7.89. The molecule has 0 N–H and O–H groups in total. The zero-order valence-electron chi connectivity index (χ0n) is 10.2. The number of sulfonamides is 1. The molecule has 0 radical (unpaired) electrons. The highest BCUT2D eigenvalue weighted by Gasteiger charge is 2.34. The van der Waals surface area contributed by atoms with Gasteiger partial charge in [0.05, 0.1) is 5.75 Å². The van der Waals surface area contributed by atoms with E-state index in [4.69, 9.17) is 0 Å². The predicted octanol–water partition coefficient (Wildman–Crippen LogP) is 0.752. The second-order valence-corrected chi connectivity index (χ2v) is 7.17. The maximum Gasteiger partial charge on any atom is 0.213 e. The van der Waals surface area contributed by atoms with Gasteiger partial charge < -0.3 is 0 Å². The lowest BCUT2D eigenvalue weighted by Gasteiger charge is -2.37. The van der Waals surface area contributed by atoms with Crippen LogP contribution in [0.3, 0.4) is 0 Å². The molecule has 0 amide bonds. The number of piperazine rings is 1. The summed E-state index contributed by atoms with van der Waals surface area (Å²) in [6.07, 6.45) is 2.71. The highest BCUT2D eigenvalue weighted by atomic mass is 32.2. The van der Waals surface area contributed by atoms with E-state index in [-0.39, 0.29) is 5.75 Å². The standard InChI is InChI=1S/C11H22N2O2S/c1-3-16(14,15)13-8-6-12(7-9-13)10(2)11-4-5-11/h10-11H,3-9H2,1-2H3. The van der Waals surface area contributed by atoms with Crippen molar-refractivity contribution in [2.24, 2.45) is 5.92 Å². The molecule has 1 saturated carbocycles. The lowest BCUT2D eigenvalue weighted by atomic mass is 10.1. The molecule has 0 spiro atoms. The van der Waals surface area contributed by atoms with Crippen LogP contribution in [0.15, 0.2) is 0 Å². The Labute approximate surface area is 98.7 Å². The number of hydrogen-bond acceptors (Lipinski definition) is 3. The van der Waals surface area contributed by atoms with Gasteiger partial charge in [0, 0.05) is 32.2 Å². The minimum atomic E-state index is -2.97. The molecular weight excluding hydrogens is 224 g/mol. The molecule has 0 aromatic rings. The van der Waals surface area contributed by atoms with Crippen LogP contribution in [0, 0.1) is 5.92 Å². The Bertz CT molecular complexity index is 330. The summed E-state index contributed by atoms with van der Waals surface area (Å²) in [5, 5.41) is 0. The molecule has 5 heteroatoms. The summed E-state index contributed by atoms with van der Waals surface area (Å²) in [7, 11) is -2.97. The maximum atomic E-state index is 11.7. The minimum Gasteiger partial charge on any atom is -0.298 e. The van der Waals surface area contributed by atoms with Crippen LogP contribution in [0.25, 0.3) is 0 Å². The first kappa shape index (κ1) is 12.3. The van der Waals surface area contributed by atoms with Gasteiger partial charge in [-0.3, -0.25) is 4.90 Å². The van der Waals surface area contributed by atoms with E-state index in [1.165, 1.54) is 12.8 Å². The van der Waals surface area contributed by atoms with Gasteiger partial charge in [0.25, 0.3) is 0 Å². The molecule has 0 aromatic heterocycles. The van der Waals surface area contributed by atoms with E-state index in [1.54, 1.807) is 11.2 Å². The van der Waals surface area contributed by atoms with Gasteiger partial charge in [-0.05, 0) is 32.6 Å². The van der Waals surface area contributed by atoms with Crippen LogP contribution in [0.2, 0.25) is 0 Å². The summed E-state index contributed by atoms with van der Waals surface area (Å²) in [6, 6.07) is 0.645. The summed E-state index contributed by atoms with van der Waals surface area (Å²) in [5.41, 5.74) is 0. The predicted molar refractivity (Wildman–Crippen MR) is 64.8 cm³/mol. The number of nitrogens with zero attached hydrogens (tertiary/aromatic N) is 2. The van der Waals surface area contributed by atoms with Crippen molar-refractivity contribution in [3.8, 4) is 0 Å². The average Bonchev–Trinajstić information content (AvgIpc) is 3.12. The fraction of sp³-hybridized carbons (Fsp3) is 1.00. The molecule has 2 rings (SSSR count). The van der Waals surface area contributed by atoms with E-state index in [0.717, 1.165) is 19.0 Å². The molecule has 4 nitrogen and oxygen atoms in total. The van der Waals surface area contributed by atoms with Gasteiger partial charge >= 0.3 is 0 Å². The van der Waals surface area contributed by atoms with Gasteiger partial charge in [-0.15, -0.1) is 0 Å². The summed E-state index contributed by atoms with van der Waals surface area (Å²) >= 11 is 0. The molecule has 94 valence electrons. The SMILES string of the molecule is CCS(=O)(=O)N1CCN(C(C)C2CC2)CC1. The largest absolute Gasteiger partial charge is 0.298 e. The topological polar surface area (TPSA) is 40.6 Å². The molecular formula is C11H22N2O2S. The minimum absolute atomic E-state index is 0.227. The Morgan fingerprint density at radius 2 is 1.75 bits per heavy atom. The van der Waals surface area contributed by atoms with Crippen LogP contribution in [-0.2, 0) is 10.0 Å². The third kappa shape index (κ3) is 2.57. The van der Waals surface area contributed by atoms with Crippen molar-refractivity contribution in [2.75, 3.05) is 31.9 Å². The van der Waals surface area contributed by atoms with Crippen molar-refractivity contribution < 1.29 is 8.42 Å². The van der Waals surface area contributed by atoms with Crippen molar-refractivity contribution >= 4 is 10.0 Å². The van der Waals surface area contributed by atoms with Crippen LogP contribution >= 0.6 is 0 Å². The van der Waals surface area contributed by atoms with Crippen molar-refractivity contribution in [1.82, 2.24) is 9.21 Å². The maximum absolute atomic E-state index is 11.7. The quantitative estimate of drug-likeness (QED) is 0.735. The molecule has 1 atom stereocenters. The Kier molecular flexibility index (Phi) is 3.56. The zero-order chi connectivity index (χ0) is 11.8. The van der Waals surface area contributed by atoms with Gasteiger partial charge in [-0.25, -0.2) is 8.42 Å². The third-order valence-corrected chi connectivity index (χ3v) is 5.79. The van der Waals surface area contributed by atoms with Crippen LogP contribution in [0.1, 0.15) is 26.7 Å². The van der Waals surface area contributed by atoms with E-state index in [1.807, 2.05) is 0 Å². The fourth-order valence-electron chi connectivity index (χ4n) is 2.45. The highest BCUT2D eigenvalue weighted by Crippen LogP contribution is 2.35. The Morgan fingerprint density at radius 3 is 2.19 bits per heavy atom. The first-order valence-corrected chi connectivity index (χ1v) is 7.87. The molecule has 1 aliphatic carbocycles. The van der Waals surface area contributed by atoms with Crippen molar-refractivity contribution in [3.63, 3.8) is 0 Å². The second-order valence-electron chi connectivity index (χ2n) is 4.91. The van der Waals surface area contributed by atoms with Gasteiger partial charge in [0.15, 0.2) is 0 Å². The van der Waals surface area contributed by atoms with E-state index in [9.17, 15) is 8.42 Å². The fourth-order valence-corrected chi connectivity index (χ4v) is 3.53. The Morgan fingerprint density at radius 1 is 1.19 bits per heavy atom. The molecule has 1 saturated heterocycles. The van der Waals surface area contributed by atoms with Gasteiger partial charge in [-0.2, -0.15) is 4.31 Å². The first-order valence-electron chi connectivity index (χ1n) is 6.26. The van der Waals surface area contributed by atoms with Crippen molar-refractivity contribution in [1.29, 1.82) is 0 Å². The Balaban J connectivity index is 1.86. The summed E-state index contributed by atoms with van der Waals surface area (Å²) in [6.45, 7) is 7.14. The second kappa shape index (κ2) is 4.63. The summed E-state index contributed by atoms with van der Waals surface area (Å²) in [5.74, 6) is 1.10. The van der Waals surface area contributed by atoms with Crippen molar-refractivity contribution in [2.45, 2.75) is 32.7 Å². The number of rotatable bonds is 4. The number of hydrogen-bond donors (Lipinski definition) is 0. The molecule has 0 aromatic carbocycles. The smallest absolute Gasteiger partial charge is 0.213 e. The van der Waals surface area contributed by atoms with E-state index < -0.39 is 10.0 Å². The zero-order valence-corrected chi connectivity index (χ0v) is 11.0. The third-order valence-electron chi connectivity index (χ3n) is 3.91. The molecule has 1 unspecified atom stereocenters. The van der Waals surface area contributed by atoms with Gasteiger partial charge in [-0.1, -0.05) is 0 Å². The molecule has 2 fully saturated rings. The lowest BCUT2D eigenvalue weighted by molar-refractivity contribution is 0.133. The van der Waals surface area contributed by atoms with E-state index in [0.29, 0.717) is 19.1 Å². The van der Waals surface area contributed by atoms with Crippen LogP contribution < -0.4 is 0 Å². The summed E-state index contributed by atoms with van der Waals surface area (Å²) in [4.78, 5) is 2.44. The van der Waals surface area contributed by atoms with Crippen LogP contribution in [0.5, 0.6) is 0 Å². The molecule has 1 heterocycles. The Hall–Kier alpha value is -0.130. The van der Waals surface area contributed by atoms with Crippen LogP contribution in [-0.4, -0.2) is 55.6 Å². The normalized spacial score (nSPS) is 26.9. The van der Waals surface area contributed by atoms with E-state index >= 15 is 0 Å². The lowest BCUT2D eigenvalue weighted by Crippen LogP contribution is -2.52. The van der Waals surface area contributed by atoms with E-state index in [2.05, 4.69) is 11.8 Å². The van der Waals surface area contributed by atoms with Gasteiger partial charge in [0.1, 0.15) is 0 Å². The summed E-state index contributed by atoms with van der Waals surface area (Å²) < 4.78 is 25.0. The monoisotopic (exact) mass is 246 g/mol. The molecule has 1 aliphatic heterocycles. The van der Waals surface area contributed by atoms with Crippen LogP contribution in [0.4, 0.5) is 0 Å². The van der Waals surface area contributed by atoms with Crippen molar-refractivity contribution in [3.05, 3.63) is 0 Å². The molecule has 2 aliphatic rings. The average molecular weight is 246 g/mol.